The zero-order valence-corrected chi connectivity index (χ0v) is 12.8. The van der Waals surface area contributed by atoms with Gasteiger partial charge >= 0.3 is 12.1 Å². The Morgan fingerprint density at radius 3 is 2.52 bits per heavy atom. The van der Waals surface area contributed by atoms with Gasteiger partial charge < -0.3 is 20.5 Å². The third-order valence-corrected chi connectivity index (χ3v) is 3.64. The molecule has 0 aliphatic carbocycles. The second-order valence-electron chi connectivity index (χ2n) is 4.91. The maximum absolute atomic E-state index is 12.9. The van der Waals surface area contributed by atoms with Crippen molar-refractivity contribution in [2.45, 2.75) is 24.6 Å². The van der Waals surface area contributed by atoms with Gasteiger partial charge in [-0.15, -0.1) is 0 Å². The molecule has 11 heteroatoms. The summed E-state index contributed by atoms with van der Waals surface area (Å²) in [5.41, 5.74) is 2.11. The van der Waals surface area contributed by atoms with Gasteiger partial charge in [0.2, 0.25) is 5.28 Å². The van der Waals surface area contributed by atoms with Crippen LogP contribution in [-0.4, -0.2) is 41.8 Å². The molecule has 7 nitrogen and oxygen atoms in total. The average molecular weight is 355 g/mol. The number of carbonyl (C=O) groups is 1. The predicted molar refractivity (Wildman–Crippen MR) is 74.9 cm³/mol. The van der Waals surface area contributed by atoms with Gasteiger partial charge in [0.25, 0.3) is 0 Å². The first-order valence-electron chi connectivity index (χ1n) is 6.54. The molecule has 0 bridgehead atoms. The molecule has 0 amide bonds. The summed E-state index contributed by atoms with van der Waals surface area (Å²) in [4.78, 5) is 18.9. The lowest BCUT2D eigenvalue weighted by molar-refractivity contribution is -0.149. The summed E-state index contributed by atoms with van der Waals surface area (Å²) in [6.45, 7) is 0.458. The number of ether oxygens (including phenoxy) is 2. The second-order valence-corrected chi connectivity index (χ2v) is 5.25. The van der Waals surface area contributed by atoms with E-state index in [9.17, 15) is 18.0 Å². The summed E-state index contributed by atoms with van der Waals surface area (Å²) in [5.74, 6) is -1.02. The van der Waals surface area contributed by atoms with E-state index in [2.05, 4.69) is 15.3 Å². The molecule has 0 unspecified atom stereocenters. The smallest absolute Gasteiger partial charge is 0.435 e. The number of nitrogens with two attached hydrogens (primary N) is 1. The van der Waals surface area contributed by atoms with Gasteiger partial charge in [-0.25, -0.2) is 9.78 Å². The van der Waals surface area contributed by atoms with Gasteiger partial charge in [-0.05, 0) is 11.6 Å². The van der Waals surface area contributed by atoms with Gasteiger partial charge in [-0.1, -0.05) is 0 Å². The van der Waals surface area contributed by atoms with Crippen LogP contribution in [-0.2, 0) is 20.4 Å². The fourth-order valence-electron chi connectivity index (χ4n) is 2.28. The Balaban J connectivity index is 2.45. The molecule has 1 saturated heterocycles. The Morgan fingerprint density at radius 2 is 2.00 bits per heavy atom. The van der Waals surface area contributed by atoms with Gasteiger partial charge in [0.1, 0.15) is 11.2 Å². The molecular formula is C12H14ClF3N4O3. The average Bonchev–Trinajstić information content (AvgIpc) is 2.49. The molecule has 0 aromatic carbocycles. The van der Waals surface area contributed by atoms with Crippen molar-refractivity contribution in [2.24, 2.45) is 0 Å². The summed E-state index contributed by atoms with van der Waals surface area (Å²) in [5, 5.41) is 2.01. The largest absolute Gasteiger partial charge is 0.467 e. The van der Waals surface area contributed by atoms with Gasteiger partial charge in [0, 0.05) is 26.1 Å². The van der Waals surface area contributed by atoms with E-state index in [4.69, 9.17) is 26.8 Å². The lowest BCUT2D eigenvalue weighted by atomic mass is 9.90. The standard InChI is InChI=1S/C12H14ClF3N4O3/c1-22-9(21)11(2-4-23-5-3-11)20-8-6(17)7(12(14,15)16)18-10(13)19-8/h2-5,17H2,1H3,(H,18,19,20). The number of esters is 1. The first-order valence-corrected chi connectivity index (χ1v) is 6.92. The van der Waals surface area contributed by atoms with Crippen molar-refractivity contribution in [2.75, 3.05) is 31.4 Å². The first-order chi connectivity index (χ1) is 10.7. The minimum absolute atomic E-state index is 0.183. The van der Waals surface area contributed by atoms with Gasteiger partial charge in [-0.2, -0.15) is 18.2 Å². The number of rotatable bonds is 3. The van der Waals surface area contributed by atoms with E-state index in [-0.39, 0.29) is 31.9 Å². The summed E-state index contributed by atoms with van der Waals surface area (Å²) in [6.07, 6.45) is -4.44. The first kappa shape index (κ1) is 17.5. The Labute approximate surface area is 134 Å². The quantitative estimate of drug-likeness (QED) is 0.631. The molecule has 0 saturated carbocycles. The number of nitrogen functional groups attached to an aromatic ring is 1. The predicted octanol–water partition coefficient (Wildman–Crippen LogP) is 1.87. The van der Waals surface area contributed by atoms with Crippen LogP contribution in [0.3, 0.4) is 0 Å². The maximum atomic E-state index is 12.9. The van der Waals surface area contributed by atoms with E-state index in [1.807, 2.05) is 0 Å². The number of hydrogen-bond acceptors (Lipinski definition) is 7. The lowest BCUT2D eigenvalue weighted by Gasteiger charge is -2.35. The normalized spacial score (nSPS) is 17.6. The summed E-state index contributed by atoms with van der Waals surface area (Å²) in [6, 6.07) is 0. The van der Waals surface area contributed by atoms with Crippen LogP contribution in [0, 0.1) is 0 Å². The van der Waals surface area contributed by atoms with Crippen molar-refractivity contribution in [1.29, 1.82) is 0 Å². The zero-order valence-electron chi connectivity index (χ0n) is 12.0. The molecule has 3 N–H and O–H groups in total. The number of halogens is 4. The Morgan fingerprint density at radius 1 is 1.39 bits per heavy atom. The summed E-state index contributed by atoms with van der Waals surface area (Å²) >= 11 is 5.55. The highest BCUT2D eigenvalue weighted by Crippen LogP contribution is 2.37. The number of anilines is 2. The van der Waals surface area contributed by atoms with E-state index in [1.54, 1.807) is 0 Å². The Kier molecular flexibility index (Phi) is 4.85. The molecule has 0 atom stereocenters. The highest BCUT2D eigenvalue weighted by atomic mass is 35.5. The van der Waals surface area contributed by atoms with Crippen molar-refractivity contribution in [3.63, 3.8) is 0 Å². The number of nitrogens with one attached hydrogen (secondary N) is 1. The van der Waals surface area contributed by atoms with Crippen molar-refractivity contribution < 1.29 is 27.4 Å². The number of aromatic nitrogens is 2. The molecule has 1 aliphatic rings. The molecule has 23 heavy (non-hydrogen) atoms. The van der Waals surface area contributed by atoms with Gasteiger partial charge in [0.05, 0.1) is 7.11 Å². The fraction of sp³-hybridized carbons (Fsp3) is 0.583. The highest BCUT2D eigenvalue weighted by Gasteiger charge is 2.43. The molecule has 2 heterocycles. The maximum Gasteiger partial charge on any atom is 0.435 e. The van der Waals surface area contributed by atoms with Crippen molar-refractivity contribution in [3.05, 3.63) is 11.0 Å². The van der Waals surface area contributed by atoms with Crippen LogP contribution in [0.2, 0.25) is 5.28 Å². The van der Waals surface area contributed by atoms with Crippen LogP contribution in [0.25, 0.3) is 0 Å². The minimum atomic E-state index is -4.80. The number of alkyl halides is 3. The van der Waals surface area contributed by atoms with Crippen molar-refractivity contribution >= 4 is 29.1 Å². The summed E-state index contributed by atoms with van der Waals surface area (Å²) < 4.78 is 48.7. The van der Waals surface area contributed by atoms with Crippen LogP contribution >= 0.6 is 11.6 Å². The van der Waals surface area contributed by atoms with Crippen LogP contribution in [0.1, 0.15) is 18.5 Å². The number of nitrogens with zero attached hydrogens (tertiary/aromatic N) is 2. The lowest BCUT2D eigenvalue weighted by Crippen LogP contribution is -2.51. The van der Waals surface area contributed by atoms with Crippen molar-refractivity contribution in [3.8, 4) is 0 Å². The minimum Gasteiger partial charge on any atom is -0.467 e. The number of hydrogen-bond donors (Lipinski definition) is 2. The van der Waals surface area contributed by atoms with Gasteiger partial charge in [0.15, 0.2) is 11.5 Å². The molecule has 0 radical (unpaired) electrons. The van der Waals surface area contributed by atoms with E-state index in [1.165, 1.54) is 7.11 Å². The fourth-order valence-corrected chi connectivity index (χ4v) is 2.44. The molecule has 0 spiro atoms. The Hall–Kier alpha value is -1.81. The topological polar surface area (TPSA) is 99.4 Å². The summed E-state index contributed by atoms with van der Waals surface area (Å²) in [7, 11) is 1.18. The van der Waals surface area contributed by atoms with Crippen LogP contribution in [0.5, 0.6) is 0 Å². The third-order valence-electron chi connectivity index (χ3n) is 3.47. The number of carbonyl (C=O) groups excluding carboxylic acids is 1. The monoisotopic (exact) mass is 354 g/mol. The highest BCUT2D eigenvalue weighted by molar-refractivity contribution is 6.28. The van der Waals surface area contributed by atoms with Crippen LogP contribution < -0.4 is 11.1 Å². The van der Waals surface area contributed by atoms with E-state index < -0.39 is 34.3 Å². The molecule has 1 aromatic heterocycles. The van der Waals surface area contributed by atoms with Crippen LogP contribution in [0.15, 0.2) is 0 Å². The van der Waals surface area contributed by atoms with Gasteiger partial charge in [-0.3, -0.25) is 0 Å². The van der Waals surface area contributed by atoms with Crippen LogP contribution in [0.4, 0.5) is 24.7 Å². The van der Waals surface area contributed by atoms with Crippen molar-refractivity contribution in [1.82, 2.24) is 9.97 Å². The van der Waals surface area contributed by atoms with E-state index in [0.29, 0.717) is 0 Å². The second kappa shape index (κ2) is 6.36. The molecule has 1 aliphatic heterocycles. The SMILES string of the molecule is COC(=O)C1(Nc2nc(Cl)nc(C(F)(F)F)c2N)CCOCC1. The molecular weight excluding hydrogens is 341 g/mol. The third kappa shape index (κ3) is 3.58. The van der Waals surface area contributed by atoms with E-state index >= 15 is 0 Å². The molecule has 2 rings (SSSR count). The Bertz CT molecular complexity index is 606. The zero-order chi connectivity index (χ0) is 17.3. The molecule has 1 fully saturated rings. The molecule has 128 valence electrons. The molecule has 1 aromatic rings. The van der Waals surface area contributed by atoms with E-state index in [0.717, 1.165) is 0 Å². The number of methoxy groups -OCH3 is 1.